The molecule has 9 nitrogen and oxygen atoms in total. The van der Waals surface area contributed by atoms with Gasteiger partial charge < -0.3 is 9.84 Å². The predicted molar refractivity (Wildman–Crippen MR) is 138 cm³/mol. The third-order valence-electron chi connectivity index (χ3n) is 5.16. The highest BCUT2D eigenvalue weighted by atomic mass is 31.2. The van der Waals surface area contributed by atoms with Gasteiger partial charge in [0.1, 0.15) is 5.56 Å². The van der Waals surface area contributed by atoms with Crippen molar-refractivity contribution in [1.29, 1.82) is 0 Å². The van der Waals surface area contributed by atoms with E-state index in [9.17, 15) is 14.2 Å². The number of anilines is 1. The number of benzene rings is 2. The molecule has 1 heterocycles. The smallest absolute Gasteiger partial charge is 0.265 e. The van der Waals surface area contributed by atoms with E-state index in [0.29, 0.717) is 0 Å². The van der Waals surface area contributed by atoms with E-state index in [0.717, 1.165) is 11.1 Å². The van der Waals surface area contributed by atoms with Crippen molar-refractivity contribution in [2.45, 2.75) is 13.0 Å². The first-order chi connectivity index (χ1) is 16.7. The third-order valence-corrected chi connectivity index (χ3v) is 7.07. The molecule has 3 rings (SSSR count). The second-order valence-corrected chi connectivity index (χ2v) is 10.2. The molecule has 1 unspecified atom stereocenters. The van der Waals surface area contributed by atoms with Crippen molar-refractivity contribution in [1.82, 2.24) is 15.3 Å². The maximum absolute atomic E-state index is 13.0. The van der Waals surface area contributed by atoms with Crippen molar-refractivity contribution in [2.24, 2.45) is 5.10 Å². The largest absolute Gasteiger partial charge is 0.341 e. The lowest BCUT2D eigenvalue weighted by Crippen LogP contribution is -2.34. The number of carbonyl (C=O) groups excluding carboxylic acids is 1. The summed E-state index contributed by atoms with van der Waals surface area (Å²) in [4.78, 5) is 32.4. The number of amides is 1. The molecule has 0 saturated carbocycles. The van der Waals surface area contributed by atoms with Crippen LogP contribution in [0.15, 0.2) is 88.6 Å². The molecule has 35 heavy (non-hydrogen) atoms. The van der Waals surface area contributed by atoms with Crippen LogP contribution in [0.5, 0.6) is 0 Å². The van der Waals surface area contributed by atoms with E-state index in [-0.39, 0.29) is 23.4 Å². The summed E-state index contributed by atoms with van der Waals surface area (Å²) in [7, 11) is -1.50. The van der Waals surface area contributed by atoms with E-state index in [1.165, 1.54) is 24.1 Å². The average Bonchev–Trinajstić information content (AvgIpc) is 2.86. The minimum atomic E-state index is -3.04. The predicted octanol–water partition coefficient (Wildman–Crippen LogP) is 4.17. The Morgan fingerprint density at radius 3 is 2.29 bits per heavy atom. The SMILES string of the molecule is C=C(/C=N\N(C)c1ncc(C(=O)NC(c2ccccc2)c2ccccc2)c(=O)[nH]1)P(C)(=O)OCC. The molecule has 1 atom stereocenters. The molecule has 2 aromatic carbocycles. The number of nitrogens with one attached hydrogen (secondary N) is 2. The lowest BCUT2D eigenvalue weighted by Gasteiger charge is -2.20. The molecule has 10 heteroatoms. The number of hydrogen-bond acceptors (Lipinski definition) is 7. The number of rotatable bonds is 10. The van der Waals surface area contributed by atoms with Gasteiger partial charge in [-0.2, -0.15) is 5.10 Å². The van der Waals surface area contributed by atoms with Crippen molar-refractivity contribution in [3.63, 3.8) is 0 Å². The van der Waals surface area contributed by atoms with E-state index >= 15 is 0 Å². The molecular weight excluding hydrogens is 465 g/mol. The molecule has 3 aromatic rings. The Labute approximate surface area is 204 Å². The molecule has 0 bridgehead atoms. The van der Waals surface area contributed by atoms with E-state index in [1.54, 1.807) is 14.0 Å². The van der Waals surface area contributed by atoms with Gasteiger partial charge in [0, 0.05) is 25.2 Å². The van der Waals surface area contributed by atoms with Gasteiger partial charge in [0.05, 0.1) is 18.9 Å². The van der Waals surface area contributed by atoms with Crippen LogP contribution >= 0.6 is 7.37 Å². The first-order valence-electron chi connectivity index (χ1n) is 10.9. The summed E-state index contributed by atoms with van der Waals surface area (Å²) in [6.45, 7) is 7.21. The van der Waals surface area contributed by atoms with Gasteiger partial charge in [0.2, 0.25) is 13.3 Å². The van der Waals surface area contributed by atoms with Crippen molar-refractivity contribution in [3.05, 3.63) is 106 Å². The lowest BCUT2D eigenvalue weighted by molar-refractivity contribution is 0.0941. The number of hydrazone groups is 1. The zero-order chi connectivity index (χ0) is 25.4. The van der Waals surface area contributed by atoms with E-state index in [2.05, 4.69) is 27.0 Å². The van der Waals surface area contributed by atoms with Crippen LogP contribution in [0.2, 0.25) is 0 Å². The second-order valence-electron chi connectivity index (χ2n) is 7.70. The van der Waals surface area contributed by atoms with Crippen molar-refractivity contribution in [3.8, 4) is 0 Å². The van der Waals surface area contributed by atoms with Gasteiger partial charge in [0.15, 0.2) is 0 Å². The highest BCUT2D eigenvalue weighted by molar-refractivity contribution is 7.63. The first-order valence-corrected chi connectivity index (χ1v) is 13.0. The Morgan fingerprint density at radius 2 is 1.77 bits per heavy atom. The topological polar surface area (TPSA) is 117 Å². The van der Waals surface area contributed by atoms with Crippen LogP contribution in [0.3, 0.4) is 0 Å². The first kappa shape index (κ1) is 25.8. The number of aromatic nitrogens is 2. The summed E-state index contributed by atoms with van der Waals surface area (Å²) >= 11 is 0. The molecule has 0 aliphatic rings. The van der Waals surface area contributed by atoms with Gasteiger partial charge in [0.25, 0.3) is 11.5 Å². The van der Waals surface area contributed by atoms with E-state index in [1.807, 2.05) is 60.7 Å². The molecule has 0 aliphatic carbocycles. The zero-order valence-corrected chi connectivity index (χ0v) is 20.7. The fourth-order valence-corrected chi connectivity index (χ4v) is 4.13. The quantitative estimate of drug-likeness (QED) is 0.249. The van der Waals surface area contributed by atoms with Crippen LogP contribution in [0.25, 0.3) is 0 Å². The lowest BCUT2D eigenvalue weighted by atomic mass is 9.98. The van der Waals surface area contributed by atoms with Gasteiger partial charge >= 0.3 is 0 Å². The number of allylic oxidation sites excluding steroid dienone is 1. The normalized spacial score (nSPS) is 12.9. The molecule has 0 aliphatic heterocycles. The summed E-state index contributed by atoms with van der Waals surface area (Å²) in [6, 6.07) is 18.5. The van der Waals surface area contributed by atoms with Crippen molar-refractivity contribution < 1.29 is 13.9 Å². The number of hydrogen-bond donors (Lipinski definition) is 2. The second kappa shape index (κ2) is 11.6. The monoisotopic (exact) mass is 493 g/mol. The zero-order valence-electron chi connectivity index (χ0n) is 19.8. The van der Waals surface area contributed by atoms with Gasteiger partial charge in [-0.05, 0) is 18.1 Å². The molecule has 0 saturated heterocycles. The third kappa shape index (κ3) is 6.62. The number of nitrogens with zero attached hydrogens (tertiary/aromatic N) is 3. The highest BCUT2D eigenvalue weighted by Gasteiger charge is 2.21. The number of carbonyl (C=O) groups is 1. The summed E-state index contributed by atoms with van der Waals surface area (Å²) < 4.78 is 17.6. The van der Waals surface area contributed by atoms with Crippen molar-refractivity contribution >= 4 is 25.4 Å². The maximum Gasteiger partial charge on any atom is 0.265 e. The molecule has 2 N–H and O–H groups in total. The molecular formula is C25H28N5O4P. The number of H-pyrrole nitrogens is 1. The highest BCUT2D eigenvalue weighted by Crippen LogP contribution is 2.49. The van der Waals surface area contributed by atoms with E-state index < -0.39 is 24.9 Å². The number of aromatic amines is 1. The fraction of sp³-hybridized carbons (Fsp3) is 0.200. The molecule has 182 valence electrons. The Hall–Kier alpha value is -3.81. The van der Waals surface area contributed by atoms with Crippen LogP contribution in [-0.4, -0.2) is 42.4 Å². The Morgan fingerprint density at radius 1 is 1.20 bits per heavy atom. The van der Waals surface area contributed by atoms with Crippen LogP contribution in [0.1, 0.15) is 34.5 Å². The Kier molecular flexibility index (Phi) is 8.52. The summed E-state index contributed by atoms with van der Waals surface area (Å²) in [5, 5.41) is 8.53. The standard InChI is InChI=1S/C25H28N5O4P/c1-5-34-35(4,33)18(2)16-27-30(3)25-26-17-21(24(32)29-25)23(31)28-22(19-12-8-6-9-13-19)20-14-10-7-11-15-20/h6-17,22H,2,5H2,1,3-4H3,(H,28,31)(H,26,29,32)/b27-16-. The fourth-order valence-electron chi connectivity index (χ4n) is 3.21. The van der Waals surface area contributed by atoms with E-state index in [4.69, 9.17) is 4.52 Å². The summed E-state index contributed by atoms with van der Waals surface area (Å²) in [5.74, 6) is -0.466. The van der Waals surface area contributed by atoms with Gasteiger partial charge in [-0.1, -0.05) is 67.2 Å². The molecule has 0 fully saturated rings. The van der Waals surface area contributed by atoms with Crippen LogP contribution in [0, 0.1) is 0 Å². The van der Waals surface area contributed by atoms with Gasteiger partial charge in [-0.3, -0.25) is 19.1 Å². The summed E-state index contributed by atoms with van der Waals surface area (Å²) in [6.07, 6.45) is 2.49. The van der Waals surface area contributed by atoms with Crippen LogP contribution in [-0.2, 0) is 9.09 Å². The van der Waals surface area contributed by atoms with Gasteiger partial charge in [-0.25, -0.2) is 9.99 Å². The van der Waals surface area contributed by atoms with Gasteiger partial charge in [-0.15, -0.1) is 0 Å². The maximum atomic E-state index is 13.0. The van der Waals surface area contributed by atoms with Crippen LogP contribution in [0.4, 0.5) is 5.95 Å². The molecule has 0 radical (unpaired) electrons. The van der Waals surface area contributed by atoms with Crippen LogP contribution < -0.4 is 15.9 Å². The van der Waals surface area contributed by atoms with Crippen molar-refractivity contribution in [2.75, 3.05) is 25.3 Å². The summed E-state index contributed by atoms with van der Waals surface area (Å²) in [5.41, 5.74) is 0.996. The molecule has 0 spiro atoms. The minimum absolute atomic E-state index is 0.0978. The minimum Gasteiger partial charge on any atom is -0.341 e. The molecule has 1 aromatic heterocycles. The Bertz CT molecular complexity index is 1270. The molecule has 1 amide bonds. The average molecular weight is 494 g/mol. The Balaban J connectivity index is 1.79.